The van der Waals surface area contributed by atoms with Crippen molar-refractivity contribution in [2.75, 3.05) is 26.2 Å². The fourth-order valence-corrected chi connectivity index (χ4v) is 5.16. The number of ketones is 1. The van der Waals surface area contributed by atoms with Gasteiger partial charge in [-0.1, -0.05) is 43.6 Å². The molecule has 0 radical (unpaired) electrons. The van der Waals surface area contributed by atoms with E-state index in [9.17, 15) is 4.79 Å². The van der Waals surface area contributed by atoms with Crippen LogP contribution in [0, 0.1) is 0 Å². The van der Waals surface area contributed by atoms with Crippen molar-refractivity contribution in [1.29, 1.82) is 0 Å². The van der Waals surface area contributed by atoms with Gasteiger partial charge in [0, 0.05) is 34.4 Å². The summed E-state index contributed by atoms with van der Waals surface area (Å²) in [7, 11) is 0. The molecule has 4 nitrogen and oxygen atoms in total. The molecule has 0 spiro atoms. The molecule has 0 fully saturated rings. The minimum Gasteiger partial charge on any atom is -0.492 e. The highest BCUT2D eigenvalue weighted by molar-refractivity contribution is 9.10. The van der Waals surface area contributed by atoms with Crippen molar-refractivity contribution in [2.24, 2.45) is 0 Å². The molecule has 2 aromatic heterocycles. The van der Waals surface area contributed by atoms with Crippen LogP contribution in [-0.2, 0) is 0 Å². The highest BCUT2D eigenvalue weighted by Crippen LogP contribution is 2.32. The number of hydrogen-bond donors (Lipinski definition) is 0. The van der Waals surface area contributed by atoms with Crippen molar-refractivity contribution in [3.8, 4) is 16.9 Å². The van der Waals surface area contributed by atoms with E-state index < -0.39 is 0 Å². The summed E-state index contributed by atoms with van der Waals surface area (Å²) in [6, 6.07) is 21.1. The number of aromatic nitrogens is 1. The monoisotopic (exact) mass is 566 g/mol. The van der Waals surface area contributed by atoms with E-state index in [2.05, 4.69) is 34.7 Å². The van der Waals surface area contributed by atoms with E-state index in [0.717, 1.165) is 52.9 Å². The van der Waals surface area contributed by atoms with E-state index in [0.29, 0.717) is 22.9 Å². The Hall–Kier alpha value is -2.60. The summed E-state index contributed by atoms with van der Waals surface area (Å²) >= 11 is 9.73. The Labute approximate surface area is 227 Å². The van der Waals surface area contributed by atoms with Crippen LogP contribution < -0.4 is 4.74 Å². The summed E-state index contributed by atoms with van der Waals surface area (Å²) in [5, 5.41) is 0.665. The van der Waals surface area contributed by atoms with E-state index in [4.69, 9.17) is 16.3 Å². The first-order chi connectivity index (χ1) is 17.5. The van der Waals surface area contributed by atoms with Crippen molar-refractivity contribution in [3.63, 3.8) is 0 Å². The molecule has 0 unspecified atom stereocenters. The third kappa shape index (κ3) is 6.20. The van der Waals surface area contributed by atoms with E-state index >= 15 is 0 Å². The van der Waals surface area contributed by atoms with Crippen molar-refractivity contribution >= 4 is 38.8 Å². The molecule has 0 saturated heterocycles. The van der Waals surface area contributed by atoms with Gasteiger partial charge in [0.1, 0.15) is 11.4 Å². The Morgan fingerprint density at radius 3 is 2.42 bits per heavy atom. The Balaban J connectivity index is 1.53. The summed E-state index contributed by atoms with van der Waals surface area (Å²) in [4.78, 5) is 16.3. The molecule has 0 aliphatic rings. The van der Waals surface area contributed by atoms with Gasteiger partial charge < -0.3 is 14.0 Å². The van der Waals surface area contributed by atoms with Crippen LogP contribution in [0.4, 0.5) is 0 Å². The molecule has 4 aromatic rings. The second-order valence-electron chi connectivity index (χ2n) is 8.93. The fourth-order valence-electron chi connectivity index (χ4n) is 4.54. The first-order valence-corrected chi connectivity index (χ1v) is 13.7. The lowest BCUT2D eigenvalue weighted by Crippen LogP contribution is -2.27. The molecule has 2 heterocycles. The number of rotatable bonds is 12. The maximum Gasteiger partial charge on any atom is 0.210 e. The predicted octanol–water partition coefficient (Wildman–Crippen LogP) is 8.14. The lowest BCUT2D eigenvalue weighted by molar-refractivity contribution is 0.103. The maximum atomic E-state index is 13.8. The molecule has 4 rings (SSSR count). The Morgan fingerprint density at radius 1 is 0.972 bits per heavy atom. The number of halogens is 2. The van der Waals surface area contributed by atoms with Gasteiger partial charge in [-0.3, -0.25) is 4.79 Å². The third-order valence-corrected chi connectivity index (χ3v) is 7.07. The summed E-state index contributed by atoms with van der Waals surface area (Å²) in [5.74, 6) is 0.704. The number of ether oxygens (including phenoxy) is 1. The summed E-state index contributed by atoms with van der Waals surface area (Å²) in [6.07, 6.45) is 5.22. The van der Waals surface area contributed by atoms with Gasteiger partial charge in [0.15, 0.2) is 0 Å². The van der Waals surface area contributed by atoms with Gasteiger partial charge in [-0.05, 0) is 102 Å². The quantitative estimate of drug-likeness (QED) is 0.128. The van der Waals surface area contributed by atoms with Gasteiger partial charge in [-0.25, -0.2) is 0 Å². The molecule has 6 heteroatoms. The predicted molar refractivity (Wildman–Crippen MR) is 153 cm³/mol. The summed E-state index contributed by atoms with van der Waals surface area (Å²) < 4.78 is 8.77. The van der Waals surface area contributed by atoms with Crippen molar-refractivity contribution in [3.05, 3.63) is 93.7 Å². The van der Waals surface area contributed by atoms with Crippen molar-refractivity contribution < 1.29 is 9.53 Å². The zero-order valence-corrected chi connectivity index (χ0v) is 23.2. The minimum absolute atomic E-state index is 0.0480. The van der Waals surface area contributed by atoms with Crippen LogP contribution in [0.5, 0.6) is 5.75 Å². The van der Waals surface area contributed by atoms with Gasteiger partial charge in [-0.15, -0.1) is 0 Å². The molecular formula is C30H32BrClN2O2. The van der Waals surface area contributed by atoms with Crippen LogP contribution >= 0.6 is 27.5 Å². The lowest BCUT2D eigenvalue weighted by Gasteiger charge is -2.20. The molecule has 0 atom stereocenters. The first kappa shape index (κ1) is 26.5. The average molecular weight is 568 g/mol. The second-order valence-corrected chi connectivity index (χ2v) is 10.2. The minimum atomic E-state index is -0.0480. The Bertz CT molecular complexity index is 1310. The van der Waals surface area contributed by atoms with Crippen LogP contribution in [0.1, 0.15) is 49.2 Å². The fraction of sp³-hybridized carbons (Fsp3) is 0.300. The molecule has 0 saturated carbocycles. The molecule has 0 aliphatic carbocycles. The number of carbonyl (C=O) groups is 1. The number of fused-ring (bicyclic) bond motifs is 1. The Morgan fingerprint density at radius 2 is 1.72 bits per heavy atom. The Kier molecular flexibility index (Phi) is 9.24. The molecular weight excluding hydrogens is 536 g/mol. The number of carbonyl (C=O) groups excluding carboxylic acids is 1. The highest BCUT2D eigenvalue weighted by Gasteiger charge is 2.21. The molecule has 0 N–H and O–H groups in total. The van der Waals surface area contributed by atoms with E-state index in [1.54, 1.807) is 0 Å². The number of benzene rings is 2. The molecule has 36 heavy (non-hydrogen) atoms. The SMILES string of the molecule is CCCN(CCC)CCCOc1ccc(C(=O)c2c(-c3ccc(Cl)cc3)cc3ccccn23)cc1Br. The van der Waals surface area contributed by atoms with E-state index in [1.807, 2.05) is 77.3 Å². The highest BCUT2D eigenvalue weighted by atomic mass is 79.9. The maximum absolute atomic E-state index is 13.8. The zero-order chi connectivity index (χ0) is 25.5. The molecule has 0 aliphatic heterocycles. The van der Waals surface area contributed by atoms with Crippen LogP contribution in [0.2, 0.25) is 5.02 Å². The summed E-state index contributed by atoms with van der Waals surface area (Å²) in [6.45, 7) is 8.36. The van der Waals surface area contributed by atoms with Crippen LogP contribution in [0.3, 0.4) is 0 Å². The van der Waals surface area contributed by atoms with E-state index in [1.165, 1.54) is 12.8 Å². The van der Waals surface area contributed by atoms with E-state index in [-0.39, 0.29) is 5.78 Å². The van der Waals surface area contributed by atoms with Crippen LogP contribution in [0.15, 0.2) is 77.4 Å². The van der Waals surface area contributed by atoms with Crippen LogP contribution in [-0.4, -0.2) is 41.3 Å². The molecule has 0 amide bonds. The topological polar surface area (TPSA) is 34.0 Å². The van der Waals surface area contributed by atoms with Crippen LogP contribution in [0.25, 0.3) is 16.6 Å². The first-order valence-electron chi connectivity index (χ1n) is 12.6. The van der Waals surface area contributed by atoms with Gasteiger partial charge >= 0.3 is 0 Å². The van der Waals surface area contributed by atoms with Gasteiger partial charge in [0.2, 0.25) is 5.78 Å². The molecule has 2 aromatic carbocycles. The second kappa shape index (κ2) is 12.6. The number of pyridine rings is 1. The largest absolute Gasteiger partial charge is 0.492 e. The number of nitrogens with zero attached hydrogens (tertiary/aromatic N) is 2. The molecule has 0 bridgehead atoms. The van der Waals surface area contributed by atoms with Gasteiger partial charge in [0.25, 0.3) is 0 Å². The van der Waals surface area contributed by atoms with Gasteiger partial charge in [-0.2, -0.15) is 0 Å². The number of hydrogen-bond acceptors (Lipinski definition) is 3. The lowest BCUT2D eigenvalue weighted by atomic mass is 10.0. The third-order valence-electron chi connectivity index (χ3n) is 6.20. The van der Waals surface area contributed by atoms with Gasteiger partial charge in [0.05, 0.1) is 11.1 Å². The van der Waals surface area contributed by atoms with Crippen molar-refractivity contribution in [1.82, 2.24) is 9.30 Å². The van der Waals surface area contributed by atoms with Crippen molar-refractivity contribution in [2.45, 2.75) is 33.1 Å². The molecule has 188 valence electrons. The standard InChI is InChI=1S/C30H32BrClN2O2/c1-3-15-33(16-4-2)17-7-19-36-28-14-11-23(20-27(28)31)30(35)29-26(22-9-12-24(32)13-10-22)21-25-8-5-6-18-34(25)29/h5-6,8-14,18,20-21H,3-4,7,15-17,19H2,1-2H3. The zero-order valence-electron chi connectivity index (χ0n) is 20.8. The smallest absolute Gasteiger partial charge is 0.210 e. The summed E-state index contributed by atoms with van der Waals surface area (Å²) in [5.41, 5.74) is 4.02. The average Bonchev–Trinajstić information content (AvgIpc) is 3.27. The normalized spacial score (nSPS) is 11.4.